The SMILES string of the molecule is COCCNCC(F)(F)c1ccc(F)cc1Cl. The Balaban J connectivity index is 2.68. The minimum atomic E-state index is -3.14. The summed E-state index contributed by atoms with van der Waals surface area (Å²) in [6.07, 6.45) is 0. The Labute approximate surface area is 103 Å². The smallest absolute Gasteiger partial charge is 0.286 e. The van der Waals surface area contributed by atoms with Crippen LogP contribution in [-0.4, -0.2) is 26.8 Å². The Hall–Kier alpha value is -0.780. The van der Waals surface area contributed by atoms with Gasteiger partial charge in [-0.05, 0) is 18.2 Å². The number of nitrogens with one attached hydrogen (secondary N) is 1. The van der Waals surface area contributed by atoms with Crippen LogP contribution in [0.25, 0.3) is 0 Å². The van der Waals surface area contributed by atoms with Gasteiger partial charge in [0.05, 0.1) is 18.2 Å². The van der Waals surface area contributed by atoms with Gasteiger partial charge in [-0.2, -0.15) is 8.78 Å². The highest BCUT2D eigenvalue weighted by Gasteiger charge is 2.33. The third kappa shape index (κ3) is 4.18. The number of methoxy groups -OCH3 is 1. The number of hydrogen-bond donors (Lipinski definition) is 1. The lowest BCUT2D eigenvalue weighted by Gasteiger charge is -2.18. The van der Waals surface area contributed by atoms with E-state index in [9.17, 15) is 13.2 Å². The van der Waals surface area contributed by atoms with Crippen molar-refractivity contribution in [3.63, 3.8) is 0 Å². The van der Waals surface area contributed by atoms with Crippen LogP contribution in [-0.2, 0) is 10.7 Å². The summed E-state index contributed by atoms with van der Waals surface area (Å²) < 4.78 is 44.8. The molecule has 1 aromatic carbocycles. The van der Waals surface area contributed by atoms with E-state index in [-0.39, 0.29) is 10.6 Å². The van der Waals surface area contributed by atoms with Crippen molar-refractivity contribution in [2.45, 2.75) is 5.92 Å². The van der Waals surface area contributed by atoms with E-state index in [1.165, 1.54) is 7.11 Å². The van der Waals surface area contributed by atoms with Gasteiger partial charge in [0.15, 0.2) is 0 Å². The molecular weight excluding hydrogens is 255 g/mol. The lowest BCUT2D eigenvalue weighted by molar-refractivity contribution is -0.00408. The predicted molar refractivity (Wildman–Crippen MR) is 60.0 cm³/mol. The Morgan fingerprint density at radius 2 is 2.12 bits per heavy atom. The maximum absolute atomic E-state index is 13.7. The molecule has 0 spiro atoms. The molecule has 0 aliphatic heterocycles. The molecule has 96 valence electrons. The maximum Gasteiger partial charge on any atom is 0.286 e. The van der Waals surface area contributed by atoms with E-state index in [0.717, 1.165) is 18.2 Å². The van der Waals surface area contributed by atoms with Gasteiger partial charge >= 0.3 is 0 Å². The number of ether oxygens (including phenoxy) is 1. The molecule has 0 radical (unpaired) electrons. The van der Waals surface area contributed by atoms with E-state index in [1.807, 2.05) is 0 Å². The van der Waals surface area contributed by atoms with Gasteiger partial charge in [0, 0.05) is 19.2 Å². The molecule has 0 aromatic heterocycles. The van der Waals surface area contributed by atoms with E-state index in [2.05, 4.69) is 5.32 Å². The first-order valence-electron chi connectivity index (χ1n) is 5.00. The van der Waals surface area contributed by atoms with Crippen LogP contribution in [0.1, 0.15) is 5.56 Å². The minimum absolute atomic E-state index is 0.274. The monoisotopic (exact) mass is 267 g/mol. The zero-order chi connectivity index (χ0) is 12.9. The molecule has 0 unspecified atom stereocenters. The quantitative estimate of drug-likeness (QED) is 0.801. The van der Waals surface area contributed by atoms with Gasteiger partial charge in [0.25, 0.3) is 5.92 Å². The molecular formula is C11H13ClF3NO. The van der Waals surface area contributed by atoms with Crippen LogP contribution >= 0.6 is 11.6 Å². The molecule has 1 aromatic rings. The lowest BCUT2D eigenvalue weighted by atomic mass is 10.1. The van der Waals surface area contributed by atoms with Crippen LogP contribution in [0.3, 0.4) is 0 Å². The second-order valence-corrected chi connectivity index (χ2v) is 3.91. The van der Waals surface area contributed by atoms with Gasteiger partial charge in [-0.1, -0.05) is 11.6 Å². The molecule has 0 fully saturated rings. The van der Waals surface area contributed by atoms with Crippen LogP contribution in [0.15, 0.2) is 18.2 Å². The molecule has 1 rings (SSSR count). The molecule has 0 aliphatic rings. The highest BCUT2D eigenvalue weighted by atomic mass is 35.5. The third-order valence-corrected chi connectivity index (χ3v) is 2.47. The van der Waals surface area contributed by atoms with Crippen LogP contribution < -0.4 is 5.32 Å². The largest absolute Gasteiger partial charge is 0.383 e. The highest BCUT2D eigenvalue weighted by molar-refractivity contribution is 6.31. The summed E-state index contributed by atoms with van der Waals surface area (Å²) in [6.45, 7) is 0.0832. The predicted octanol–water partition coefficient (Wildman–Crippen LogP) is 2.81. The maximum atomic E-state index is 13.7. The fourth-order valence-electron chi connectivity index (χ4n) is 1.30. The van der Waals surface area contributed by atoms with Crippen LogP contribution in [0.4, 0.5) is 13.2 Å². The highest BCUT2D eigenvalue weighted by Crippen LogP contribution is 2.33. The summed E-state index contributed by atoms with van der Waals surface area (Å²) in [7, 11) is 1.48. The van der Waals surface area contributed by atoms with E-state index < -0.39 is 18.3 Å². The van der Waals surface area contributed by atoms with E-state index in [1.54, 1.807) is 0 Å². The van der Waals surface area contributed by atoms with Gasteiger partial charge in [-0.15, -0.1) is 0 Å². The summed E-state index contributed by atoms with van der Waals surface area (Å²) in [5, 5.41) is 2.27. The summed E-state index contributed by atoms with van der Waals surface area (Å²) in [6, 6.07) is 2.83. The first kappa shape index (κ1) is 14.3. The molecule has 0 amide bonds. The average Bonchev–Trinajstić information content (AvgIpc) is 2.24. The van der Waals surface area contributed by atoms with Crippen molar-refractivity contribution in [2.24, 2.45) is 0 Å². The van der Waals surface area contributed by atoms with Crippen molar-refractivity contribution in [3.8, 4) is 0 Å². The zero-order valence-corrected chi connectivity index (χ0v) is 10.0. The molecule has 6 heteroatoms. The van der Waals surface area contributed by atoms with Gasteiger partial charge in [0.1, 0.15) is 5.82 Å². The topological polar surface area (TPSA) is 21.3 Å². The molecule has 0 atom stereocenters. The van der Waals surface area contributed by atoms with Crippen LogP contribution in [0.5, 0.6) is 0 Å². The molecule has 17 heavy (non-hydrogen) atoms. The Morgan fingerprint density at radius 1 is 1.41 bits per heavy atom. The van der Waals surface area contributed by atoms with E-state index >= 15 is 0 Å². The van der Waals surface area contributed by atoms with E-state index in [4.69, 9.17) is 16.3 Å². The molecule has 0 saturated carbocycles. The first-order valence-corrected chi connectivity index (χ1v) is 5.38. The number of hydrogen-bond acceptors (Lipinski definition) is 2. The van der Waals surface area contributed by atoms with Gasteiger partial charge in [0.2, 0.25) is 0 Å². The van der Waals surface area contributed by atoms with Crippen molar-refractivity contribution < 1.29 is 17.9 Å². The van der Waals surface area contributed by atoms with Crippen molar-refractivity contribution in [1.29, 1.82) is 0 Å². The Kier molecular flexibility index (Phi) is 5.24. The summed E-state index contributed by atoms with van der Waals surface area (Å²) in [5.41, 5.74) is -0.384. The standard InChI is InChI=1S/C11H13ClF3NO/c1-17-5-4-16-7-11(14,15)9-3-2-8(13)6-10(9)12/h2-3,6,16H,4-5,7H2,1H3. The Morgan fingerprint density at radius 3 is 2.71 bits per heavy atom. The summed E-state index contributed by atoms with van der Waals surface area (Å²) in [5.74, 6) is -3.78. The molecule has 0 aliphatic carbocycles. The molecule has 0 heterocycles. The number of alkyl halides is 2. The van der Waals surface area contributed by atoms with Crippen molar-refractivity contribution in [1.82, 2.24) is 5.32 Å². The third-order valence-electron chi connectivity index (χ3n) is 2.16. The fraction of sp³-hybridized carbons (Fsp3) is 0.455. The number of rotatable bonds is 6. The van der Waals surface area contributed by atoms with Gasteiger partial charge in [-0.25, -0.2) is 4.39 Å². The van der Waals surface area contributed by atoms with Gasteiger partial charge < -0.3 is 10.1 Å². The van der Waals surface area contributed by atoms with Crippen LogP contribution in [0, 0.1) is 5.82 Å². The van der Waals surface area contributed by atoms with Gasteiger partial charge in [-0.3, -0.25) is 0 Å². The summed E-state index contributed by atoms with van der Waals surface area (Å²) in [4.78, 5) is 0. The summed E-state index contributed by atoms with van der Waals surface area (Å²) >= 11 is 5.58. The molecule has 1 N–H and O–H groups in total. The first-order chi connectivity index (χ1) is 7.97. The molecule has 0 bridgehead atoms. The number of halogens is 4. The van der Waals surface area contributed by atoms with Crippen molar-refractivity contribution in [3.05, 3.63) is 34.6 Å². The number of benzene rings is 1. The minimum Gasteiger partial charge on any atom is -0.383 e. The average molecular weight is 268 g/mol. The molecule has 0 saturated heterocycles. The van der Waals surface area contributed by atoms with Crippen molar-refractivity contribution in [2.75, 3.05) is 26.8 Å². The van der Waals surface area contributed by atoms with E-state index in [0.29, 0.717) is 13.2 Å². The second kappa shape index (κ2) is 6.23. The second-order valence-electron chi connectivity index (χ2n) is 3.50. The fourth-order valence-corrected chi connectivity index (χ4v) is 1.61. The van der Waals surface area contributed by atoms with Crippen molar-refractivity contribution >= 4 is 11.6 Å². The normalized spacial score (nSPS) is 11.8. The molecule has 2 nitrogen and oxygen atoms in total. The zero-order valence-electron chi connectivity index (χ0n) is 9.27. The lowest BCUT2D eigenvalue weighted by Crippen LogP contribution is -2.32. The van der Waals surface area contributed by atoms with Crippen LogP contribution in [0.2, 0.25) is 5.02 Å². The Bertz CT molecular complexity index is 374.